The van der Waals surface area contributed by atoms with Crippen LogP contribution in [-0.2, 0) is 20.9 Å². The molecule has 0 radical (unpaired) electrons. The molecule has 0 aliphatic carbocycles. The Morgan fingerprint density at radius 1 is 1.27 bits per heavy atom. The van der Waals surface area contributed by atoms with Gasteiger partial charge in [0.1, 0.15) is 6.61 Å². The number of hydrogen-bond acceptors (Lipinski definition) is 4. The lowest BCUT2D eigenvalue weighted by molar-refractivity contribution is -0.171. The van der Waals surface area contributed by atoms with Gasteiger partial charge in [0.25, 0.3) is 0 Å². The second kappa shape index (κ2) is 5.96. The van der Waals surface area contributed by atoms with E-state index in [1.165, 1.54) is 0 Å². The minimum Gasteiger partial charge on any atom is -0.481 e. The maximum absolute atomic E-state index is 12.3. The minimum absolute atomic E-state index is 0.195. The quantitative estimate of drug-likeness (QED) is 0.923. The molecule has 6 heteroatoms. The number of carbonyl (C=O) groups excluding carboxylic acids is 1. The van der Waals surface area contributed by atoms with Crippen LogP contribution in [0.1, 0.15) is 18.4 Å². The van der Waals surface area contributed by atoms with E-state index in [4.69, 9.17) is 9.47 Å². The lowest BCUT2D eigenvalue weighted by atomic mass is 9.69. The summed E-state index contributed by atoms with van der Waals surface area (Å²) in [5.74, 6) is -1.38. The SMILES string of the molecule is O=C(O)C1CN(C(=O)OCc2ccccc2)C12CCOCC2. The Morgan fingerprint density at radius 2 is 1.95 bits per heavy atom. The third kappa shape index (κ3) is 2.54. The molecule has 1 amide bonds. The van der Waals surface area contributed by atoms with Crippen LogP contribution in [0.15, 0.2) is 30.3 Å². The lowest BCUT2D eigenvalue weighted by Gasteiger charge is -2.57. The molecule has 6 nitrogen and oxygen atoms in total. The van der Waals surface area contributed by atoms with Crippen molar-refractivity contribution in [2.75, 3.05) is 19.8 Å². The fourth-order valence-electron chi connectivity index (χ4n) is 3.31. The zero-order valence-electron chi connectivity index (χ0n) is 12.2. The largest absolute Gasteiger partial charge is 0.481 e. The van der Waals surface area contributed by atoms with Crippen molar-refractivity contribution < 1.29 is 24.2 Å². The first-order chi connectivity index (χ1) is 10.6. The summed E-state index contributed by atoms with van der Waals surface area (Å²) in [6, 6.07) is 9.43. The fraction of sp³-hybridized carbons (Fsp3) is 0.500. The molecule has 1 aromatic rings. The summed E-state index contributed by atoms with van der Waals surface area (Å²) in [7, 11) is 0. The first-order valence-corrected chi connectivity index (χ1v) is 7.42. The molecular weight excluding hydrogens is 286 g/mol. The number of carboxylic acids is 1. The second-order valence-corrected chi connectivity index (χ2v) is 5.76. The van der Waals surface area contributed by atoms with Crippen molar-refractivity contribution in [3.05, 3.63) is 35.9 Å². The van der Waals surface area contributed by atoms with Gasteiger partial charge >= 0.3 is 12.1 Å². The van der Waals surface area contributed by atoms with E-state index in [1.807, 2.05) is 30.3 Å². The molecule has 0 aromatic heterocycles. The molecule has 118 valence electrons. The number of hydrogen-bond donors (Lipinski definition) is 1. The van der Waals surface area contributed by atoms with E-state index in [0.717, 1.165) is 5.56 Å². The Kier molecular flexibility index (Phi) is 4.02. The van der Waals surface area contributed by atoms with Gasteiger partial charge in [0, 0.05) is 19.8 Å². The van der Waals surface area contributed by atoms with Crippen molar-refractivity contribution in [3.63, 3.8) is 0 Å². The average Bonchev–Trinajstić information content (AvgIpc) is 2.53. The highest BCUT2D eigenvalue weighted by Gasteiger charge is 2.59. The Morgan fingerprint density at radius 3 is 2.59 bits per heavy atom. The molecule has 0 bridgehead atoms. The van der Waals surface area contributed by atoms with Crippen molar-refractivity contribution in [1.29, 1.82) is 0 Å². The fourth-order valence-corrected chi connectivity index (χ4v) is 3.31. The number of amides is 1. The standard InChI is InChI=1S/C16H19NO5/c18-14(19)13-10-17(16(13)6-8-21-9-7-16)15(20)22-11-12-4-2-1-3-5-12/h1-5,13H,6-11H2,(H,18,19). The van der Waals surface area contributed by atoms with Gasteiger partial charge < -0.3 is 19.5 Å². The number of carbonyl (C=O) groups is 2. The zero-order chi connectivity index (χ0) is 15.6. The summed E-state index contributed by atoms with van der Waals surface area (Å²) in [5.41, 5.74) is 0.268. The van der Waals surface area contributed by atoms with E-state index in [9.17, 15) is 14.7 Å². The van der Waals surface area contributed by atoms with Gasteiger partial charge in [-0.15, -0.1) is 0 Å². The summed E-state index contributed by atoms with van der Waals surface area (Å²) in [4.78, 5) is 25.3. The van der Waals surface area contributed by atoms with Gasteiger partial charge in [-0.1, -0.05) is 30.3 Å². The number of ether oxygens (including phenoxy) is 2. The molecule has 3 rings (SSSR count). The van der Waals surface area contributed by atoms with Crippen LogP contribution in [0.3, 0.4) is 0 Å². The first-order valence-electron chi connectivity index (χ1n) is 7.42. The molecule has 1 unspecified atom stereocenters. The highest BCUT2D eigenvalue weighted by molar-refractivity contribution is 5.79. The number of nitrogens with zero attached hydrogens (tertiary/aromatic N) is 1. The Labute approximate surface area is 128 Å². The third-order valence-corrected chi connectivity index (χ3v) is 4.63. The zero-order valence-corrected chi connectivity index (χ0v) is 12.2. The highest BCUT2D eigenvalue weighted by atomic mass is 16.6. The molecule has 1 aromatic carbocycles. The number of aliphatic carboxylic acids is 1. The molecule has 1 spiro atoms. The summed E-state index contributed by atoms with van der Waals surface area (Å²) in [6.45, 7) is 1.36. The summed E-state index contributed by atoms with van der Waals surface area (Å²) in [5, 5.41) is 9.34. The monoisotopic (exact) mass is 305 g/mol. The molecule has 2 aliphatic heterocycles. The van der Waals surface area contributed by atoms with Crippen LogP contribution in [0.5, 0.6) is 0 Å². The van der Waals surface area contributed by atoms with Crippen LogP contribution in [0.4, 0.5) is 4.79 Å². The summed E-state index contributed by atoms with van der Waals surface area (Å²) in [6.07, 6.45) is 0.651. The molecule has 1 N–H and O–H groups in total. The molecule has 2 fully saturated rings. The van der Waals surface area contributed by atoms with E-state index in [0.29, 0.717) is 26.1 Å². The smallest absolute Gasteiger partial charge is 0.410 e. The molecule has 2 saturated heterocycles. The van der Waals surface area contributed by atoms with Crippen LogP contribution in [0.2, 0.25) is 0 Å². The Balaban J connectivity index is 1.65. The van der Waals surface area contributed by atoms with E-state index >= 15 is 0 Å². The van der Waals surface area contributed by atoms with Crippen molar-refractivity contribution in [1.82, 2.24) is 4.90 Å². The van der Waals surface area contributed by atoms with E-state index in [-0.39, 0.29) is 13.2 Å². The second-order valence-electron chi connectivity index (χ2n) is 5.76. The van der Waals surface area contributed by atoms with Crippen molar-refractivity contribution >= 4 is 12.1 Å². The molecule has 2 aliphatic rings. The highest BCUT2D eigenvalue weighted by Crippen LogP contribution is 2.44. The molecule has 22 heavy (non-hydrogen) atoms. The number of rotatable bonds is 3. The van der Waals surface area contributed by atoms with Crippen molar-refractivity contribution in [2.24, 2.45) is 5.92 Å². The Bertz CT molecular complexity index is 553. The number of carboxylic acid groups (broad SMARTS) is 1. The van der Waals surface area contributed by atoms with Crippen LogP contribution in [0, 0.1) is 5.92 Å². The van der Waals surface area contributed by atoms with Crippen molar-refractivity contribution in [3.8, 4) is 0 Å². The van der Waals surface area contributed by atoms with E-state index in [2.05, 4.69) is 0 Å². The van der Waals surface area contributed by atoms with Crippen molar-refractivity contribution in [2.45, 2.75) is 25.0 Å². The van der Waals surface area contributed by atoms with Gasteiger partial charge in [-0.25, -0.2) is 4.79 Å². The topological polar surface area (TPSA) is 76.1 Å². The molecular formula is C16H19NO5. The first kappa shape index (κ1) is 14.8. The minimum atomic E-state index is -0.853. The molecule has 1 atom stereocenters. The summed E-state index contributed by atoms with van der Waals surface area (Å²) >= 11 is 0. The molecule has 0 saturated carbocycles. The van der Waals surface area contributed by atoms with Crippen LogP contribution >= 0.6 is 0 Å². The van der Waals surface area contributed by atoms with E-state index in [1.54, 1.807) is 4.90 Å². The van der Waals surface area contributed by atoms with Gasteiger partial charge in [-0.05, 0) is 18.4 Å². The maximum atomic E-state index is 12.3. The van der Waals surface area contributed by atoms with Gasteiger partial charge in [0.15, 0.2) is 0 Å². The summed E-state index contributed by atoms with van der Waals surface area (Å²) < 4.78 is 10.7. The Hall–Kier alpha value is -2.08. The van der Waals surface area contributed by atoms with Crippen LogP contribution in [0.25, 0.3) is 0 Å². The lowest BCUT2D eigenvalue weighted by Crippen LogP contribution is -2.72. The van der Waals surface area contributed by atoms with Gasteiger partial charge in [0.05, 0.1) is 11.5 Å². The van der Waals surface area contributed by atoms with Crippen LogP contribution in [-0.4, -0.2) is 47.4 Å². The van der Waals surface area contributed by atoms with Gasteiger partial charge in [0.2, 0.25) is 0 Å². The normalized spacial score (nSPS) is 22.9. The van der Waals surface area contributed by atoms with Crippen LogP contribution < -0.4 is 0 Å². The number of benzene rings is 1. The average molecular weight is 305 g/mol. The number of likely N-dealkylation sites (tertiary alicyclic amines) is 1. The van der Waals surface area contributed by atoms with Gasteiger partial charge in [-0.2, -0.15) is 0 Å². The predicted molar refractivity (Wildman–Crippen MR) is 77.2 cm³/mol. The maximum Gasteiger partial charge on any atom is 0.410 e. The third-order valence-electron chi connectivity index (χ3n) is 4.63. The van der Waals surface area contributed by atoms with E-state index < -0.39 is 23.5 Å². The molecule has 2 heterocycles. The predicted octanol–water partition coefficient (Wildman–Crippen LogP) is 1.89. The van der Waals surface area contributed by atoms with Gasteiger partial charge in [-0.3, -0.25) is 4.79 Å².